The van der Waals surface area contributed by atoms with Crippen LogP contribution in [-0.4, -0.2) is 28.7 Å². The van der Waals surface area contributed by atoms with Gasteiger partial charge in [0.2, 0.25) is 23.6 Å². The van der Waals surface area contributed by atoms with Crippen LogP contribution in [0.25, 0.3) is 0 Å². The summed E-state index contributed by atoms with van der Waals surface area (Å²) in [7, 11) is 0. The third-order valence-electron chi connectivity index (χ3n) is 10.2. The Morgan fingerprint density at radius 3 is 2.09 bits per heavy atom. The van der Waals surface area contributed by atoms with E-state index in [0.29, 0.717) is 35.3 Å². The largest absolute Gasteiger partial charge is 0.507 e. The highest BCUT2D eigenvalue weighted by molar-refractivity contribution is 14.1. The summed E-state index contributed by atoms with van der Waals surface area (Å²) in [5, 5.41) is 10.6. The lowest BCUT2D eigenvalue weighted by atomic mass is 9.51. The number of nitrogens with zero attached hydrogens (tertiary/aromatic N) is 2. The first-order chi connectivity index (χ1) is 20.5. The number of allylic oxidation sites excluding steroid dienone is 2. The molecule has 2 aliphatic carbocycles. The van der Waals surface area contributed by atoms with Crippen LogP contribution in [0.3, 0.4) is 0 Å². The molecule has 3 aromatic rings. The van der Waals surface area contributed by atoms with Crippen molar-refractivity contribution >= 4 is 57.6 Å². The van der Waals surface area contributed by atoms with Crippen molar-refractivity contribution in [1.29, 1.82) is 0 Å². The molecule has 0 spiro atoms. The van der Waals surface area contributed by atoms with Gasteiger partial charge in [-0.3, -0.25) is 24.1 Å². The van der Waals surface area contributed by atoms with E-state index < -0.39 is 29.1 Å². The van der Waals surface area contributed by atoms with Crippen molar-refractivity contribution in [3.63, 3.8) is 0 Å². The molecule has 2 heterocycles. The van der Waals surface area contributed by atoms with Crippen LogP contribution in [-0.2, 0) is 19.2 Å². The number of anilines is 2. The number of imide groups is 2. The number of para-hydroxylation sites is 1. The number of benzene rings is 3. The third-order valence-corrected chi connectivity index (χ3v) is 10.9. The molecule has 2 saturated heterocycles. The number of phenolic OH excluding ortho intramolecular Hbond substituents is 1. The number of halogens is 1. The zero-order chi connectivity index (χ0) is 30.4. The van der Waals surface area contributed by atoms with Gasteiger partial charge in [-0.2, -0.15) is 0 Å². The predicted molar refractivity (Wildman–Crippen MR) is 170 cm³/mol. The maximum atomic E-state index is 14.5. The molecule has 0 bridgehead atoms. The number of amides is 4. The van der Waals surface area contributed by atoms with Gasteiger partial charge in [-0.05, 0) is 115 Å². The van der Waals surface area contributed by atoms with Crippen LogP contribution in [0.5, 0.6) is 5.75 Å². The lowest BCUT2D eigenvalue weighted by molar-refractivity contribution is -0.131. The number of aromatic hydroxyl groups is 1. The van der Waals surface area contributed by atoms with Crippen LogP contribution in [0.1, 0.15) is 42.4 Å². The van der Waals surface area contributed by atoms with E-state index in [0.717, 1.165) is 14.7 Å². The summed E-state index contributed by atoms with van der Waals surface area (Å²) >= 11 is 2.19. The Morgan fingerprint density at radius 1 is 0.814 bits per heavy atom. The molecule has 1 N–H and O–H groups in total. The molecule has 4 amide bonds. The van der Waals surface area contributed by atoms with Gasteiger partial charge in [0.25, 0.3) is 0 Å². The molecule has 2 aliphatic heterocycles. The van der Waals surface area contributed by atoms with Crippen LogP contribution in [0.2, 0.25) is 0 Å². The number of aryl methyl sites for hydroxylation is 2. The molecule has 3 aromatic carbocycles. The van der Waals surface area contributed by atoms with Gasteiger partial charge in [0.1, 0.15) is 5.75 Å². The first-order valence-electron chi connectivity index (χ1n) is 14.6. The molecule has 7 rings (SSSR count). The number of rotatable bonds is 3. The van der Waals surface area contributed by atoms with E-state index in [1.54, 1.807) is 36.4 Å². The fraction of sp³-hybridized carbons (Fsp3) is 0.314. The minimum absolute atomic E-state index is 0.194. The molecule has 4 aliphatic rings. The molecule has 43 heavy (non-hydrogen) atoms. The molecule has 3 fully saturated rings. The van der Waals surface area contributed by atoms with E-state index >= 15 is 0 Å². The lowest BCUT2D eigenvalue weighted by Gasteiger charge is -2.49. The number of hydrogen-bond acceptors (Lipinski definition) is 5. The summed E-state index contributed by atoms with van der Waals surface area (Å²) in [5.41, 5.74) is 3.09. The topological polar surface area (TPSA) is 95.0 Å². The highest BCUT2D eigenvalue weighted by atomic mass is 127. The van der Waals surface area contributed by atoms with Crippen molar-refractivity contribution < 1.29 is 24.3 Å². The van der Waals surface area contributed by atoms with Crippen LogP contribution in [0, 0.1) is 46.5 Å². The summed E-state index contributed by atoms with van der Waals surface area (Å²) in [6.07, 6.45) is 2.75. The Labute approximate surface area is 263 Å². The quantitative estimate of drug-likeness (QED) is 0.206. The number of carbonyl (C=O) groups is 4. The van der Waals surface area contributed by atoms with Crippen molar-refractivity contribution in [1.82, 2.24) is 0 Å². The zero-order valence-electron chi connectivity index (χ0n) is 24.1. The molecule has 6 atom stereocenters. The predicted octanol–water partition coefficient (Wildman–Crippen LogP) is 6.05. The van der Waals surface area contributed by atoms with E-state index in [1.807, 2.05) is 51.1 Å². The first kappa shape index (κ1) is 28.0. The molecule has 6 unspecified atom stereocenters. The van der Waals surface area contributed by atoms with E-state index in [9.17, 15) is 24.3 Å². The maximum Gasteiger partial charge on any atom is 0.241 e. The molecule has 0 aromatic heterocycles. The Kier molecular flexibility index (Phi) is 6.43. The van der Waals surface area contributed by atoms with Gasteiger partial charge in [0.15, 0.2) is 0 Å². The molecule has 0 radical (unpaired) electrons. The number of hydrogen-bond donors (Lipinski definition) is 1. The summed E-state index contributed by atoms with van der Waals surface area (Å²) in [6.45, 7) is 5.53. The van der Waals surface area contributed by atoms with E-state index in [-0.39, 0.29) is 35.3 Å². The lowest BCUT2D eigenvalue weighted by Crippen LogP contribution is -2.49. The Morgan fingerprint density at radius 2 is 1.44 bits per heavy atom. The average molecular weight is 687 g/mol. The molecule has 218 valence electrons. The Balaban J connectivity index is 1.38. The Bertz CT molecular complexity index is 1730. The van der Waals surface area contributed by atoms with Gasteiger partial charge in [-0.1, -0.05) is 42.0 Å². The maximum absolute atomic E-state index is 14.5. The van der Waals surface area contributed by atoms with E-state index in [2.05, 4.69) is 28.7 Å². The highest BCUT2D eigenvalue weighted by Gasteiger charge is 2.67. The molecular weight excluding hydrogens is 655 g/mol. The summed E-state index contributed by atoms with van der Waals surface area (Å²) in [6, 6.07) is 20.1. The zero-order valence-corrected chi connectivity index (χ0v) is 26.2. The third kappa shape index (κ3) is 3.91. The summed E-state index contributed by atoms with van der Waals surface area (Å²) in [5.74, 6) is -3.52. The summed E-state index contributed by atoms with van der Waals surface area (Å²) in [4.78, 5) is 59.3. The van der Waals surface area contributed by atoms with Gasteiger partial charge in [-0.15, -0.1) is 0 Å². The molecule has 8 heteroatoms. The van der Waals surface area contributed by atoms with Crippen LogP contribution in [0.4, 0.5) is 11.4 Å². The summed E-state index contributed by atoms with van der Waals surface area (Å²) < 4.78 is 1.00. The standard InChI is InChI=1S/C35H31IN2O5/c1-18-15-20(16-19(2)30(18)39)29-24-13-14-25-28(33(42)37(31(25)40)23-11-9-21(36)10-12-23)26(24)17-27-32(41)38(34(43)35(27,29)3)22-7-5-4-6-8-22/h4-13,15-16,25-29,39H,14,17H2,1-3H3. The molecule has 7 nitrogen and oxygen atoms in total. The van der Waals surface area contributed by atoms with Crippen LogP contribution >= 0.6 is 22.6 Å². The number of fused-ring (bicyclic) bond motifs is 4. The van der Waals surface area contributed by atoms with E-state index in [1.165, 1.54) is 9.80 Å². The van der Waals surface area contributed by atoms with Crippen molar-refractivity contribution in [2.45, 2.75) is 39.5 Å². The van der Waals surface area contributed by atoms with Crippen molar-refractivity contribution in [3.8, 4) is 5.75 Å². The minimum atomic E-state index is -1.11. The van der Waals surface area contributed by atoms with Crippen molar-refractivity contribution in [2.75, 3.05) is 9.80 Å². The van der Waals surface area contributed by atoms with Gasteiger partial charge in [0, 0.05) is 9.49 Å². The number of carbonyl (C=O) groups excluding carboxylic acids is 4. The monoisotopic (exact) mass is 686 g/mol. The van der Waals surface area contributed by atoms with Gasteiger partial charge < -0.3 is 5.11 Å². The normalized spacial score (nSPS) is 29.9. The average Bonchev–Trinajstić information content (AvgIpc) is 3.36. The van der Waals surface area contributed by atoms with Crippen molar-refractivity contribution in [2.24, 2.45) is 29.1 Å². The molecular formula is C35H31IN2O5. The number of phenols is 1. The fourth-order valence-electron chi connectivity index (χ4n) is 8.22. The SMILES string of the molecule is Cc1cc(C2C3=CCC4C(=O)N(c5ccc(I)cc5)C(=O)C4C3CC3C(=O)N(c4ccccc4)C(=O)C32C)cc(C)c1O. The first-order valence-corrected chi connectivity index (χ1v) is 15.7. The van der Waals surface area contributed by atoms with Crippen molar-refractivity contribution in [3.05, 3.63) is 98.6 Å². The van der Waals surface area contributed by atoms with Gasteiger partial charge in [0.05, 0.1) is 34.5 Å². The Hall–Kier alpha value is -3.79. The van der Waals surface area contributed by atoms with Gasteiger partial charge in [-0.25, -0.2) is 4.90 Å². The minimum Gasteiger partial charge on any atom is -0.507 e. The fourth-order valence-corrected chi connectivity index (χ4v) is 8.58. The van der Waals surface area contributed by atoms with Crippen LogP contribution in [0.15, 0.2) is 78.4 Å². The van der Waals surface area contributed by atoms with E-state index in [4.69, 9.17) is 0 Å². The smallest absolute Gasteiger partial charge is 0.241 e. The van der Waals surface area contributed by atoms with Crippen LogP contribution < -0.4 is 9.80 Å². The second kappa shape index (κ2) is 9.87. The second-order valence-corrected chi connectivity index (χ2v) is 13.7. The molecule has 1 saturated carbocycles. The second-order valence-electron chi connectivity index (χ2n) is 12.5. The van der Waals surface area contributed by atoms with Gasteiger partial charge >= 0.3 is 0 Å². The highest BCUT2D eigenvalue weighted by Crippen LogP contribution is 2.64.